The Morgan fingerprint density at radius 3 is 2.53 bits per heavy atom. The molecular weight excluding hydrogens is 280 g/mol. The van der Waals surface area contributed by atoms with Crippen LogP contribution < -0.4 is 10.6 Å². The minimum Gasteiger partial charge on any atom is -0.351 e. The van der Waals surface area contributed by atoms with E-state index in [1.165, 1.54) is 0 Å². The van der Waals surface area contributed by atoms with Crippen molar-refractivity contribution in [2.45, 2.75) is 32.9 Å². The maximum atomic E-state index is 11.6. The van der Waals surface area contributed by atoms with Gasteiger partial charge in [-0.1, -0.05) is 34.1 Å². The van der Waals surface area contributed by atoms with Crippen LogP contribution in [0.15, 0.2) is 28.7 Å². The molecule has 2 N–H and O–H groups in total. The van der Waals surface area contributed by atoms with Crippen molar-refractivity contribution >= 4 is 21.8 Å². The number of rotatable bonds is 4. The molecule has 1 amide bonds. The summed E-state index contributed by atoms with van der Waals surface area (Å²) in [6.07, 6.45) is 0. The summed E-state index contributed by atoms with van der Waals surface area (Å²) >= 11 is 3.45. The Morgan fingerprint density at radius 2 is 1.94 bits per heavy atom. The smallest absolute Gasteiger partial charge is 0.234 e. The first-order valence-electron chi connectivity index (χ1n) is 5.63. The summed E-state index contributed by atoms with van der Waals surface area (Å²) < 4.78 is 1.02. The Morgan fingerprint density at radius 1 is 1.29 bits per heavy atom. The summed E-state index contributed by atoms with van der Waals surface area (Å²) in [6, 6.07) is 7.87. The van der Waals surface area contributed by atoms with Gasteiger partial charge in [-0.3, -0.25) is 4.79 Å². The first-order chi connectivity index (χ1) is 7.88. The molecule has 0 fully saturated rings. The van der Waals surface area contributed by atoms with Crippen LogP contribution in [0.2, 0.25) is 0 Å². The van der Waals surface area contributed by atoms with E-state index in [-0.39, 0.29) is 11.4 Å². The number of hydrogen-bond acceptors (Lipinski definition) is 2. The van der Waals surface area contributed by atoms with Gasteiger partial charge in [0.2, 0.25) is 5.91 Å². The van der Waals surface area contributed by atoms with Crippen molar-refractivity contribution < 1.29 is 4.79 Å². The van der Waals surface area contributed by atoms with E-state index in [0.29, 0.717) is 13.1 Å². The highest BCUT2D eigenvalue weighted by Crippen LogP contribution is 2.15. The fraction of sp³-hybridized carbons (Fsp3) is 0.462. The van der Waals surface area contributed by atoms with Crippen LogP contribution >= 0.6 is 15.9 Å². The molecule has 0 radical (unpaired) electrons. The zero-order valence-electron chi connectivity index (χ0n) is 10.5. The van der Waals surface area contributed by atoms with E-state index in [9.17, 15) is 4.79 Å². The van der Waals surface area contributed by atoms with Gasteiger partial charge in [-0.15, -0.1) is 0 Å². The minimum absolute atomic E-state index is 0.00989. The standard InChI is InChI=1S/C13H19BrN2O/c1-13(2,3)16-9-12(17)15-8-10-6-4-5-7-11(10)14/h4-7,16H,8-9H2,1-3H3,(H,15,17). The van der Waals surface area contributed by atoms with Crippen molar-refractivity contribution in [3.63, 3.8) is 0 Å². The van der Waals surface area contributed by atoms with Crippen LogP contribution in [0.3, 0.4) is 0 Å². The van der Waals surface area contributed by atoms with Crippen LogP contribution in [-0.4, -0.2) is 18.0 Å². The van der Waals surface area contributed by atoms with Gasteiger partial charge in [0.1, 0.15) is 0 Å². The monoisotopic (exact) mass is 298 g/mol. The molecule has 0 spiro atoms. The second kappa shape index (κ2) is 6.17. The maximum absolute atomic E-state index is 11.6. The number of amides is 1. The molecule has 94 valence electrons. The van der Waals surface area contributed by atoms with Gasteiger partial charge < -0.3 is 10.6 Å². The zero-order chi connectivity index (χ0) is 12.9. The van der Waals surface area contributed by atoms with E-state index in [1.54, 1.807) is 0 Å². The van der Waals surface area contributed by atoms with E-state index in [4.69, 9.17) is 0 Å². The second-order valence-electron chi connectivity index (χ2n) is 4.97. The van der Waals surface area contributed by atoms with Crippen LogP contribution in [0, 0.1) is 0 Å². The molecule has 1 rings (SSSR count). The molecule has 4 heteroatoms. The molecule has 0 heterocycles. The van der Waals surface area contributed by atoms with Crippen LogP contribution in [-0.2, 0) is 11.3 Å². The van der Waals surface area contributed by atoms with Crippen molar-refractivity contribution in [3.8, 4) is 0 Å². The molecule has 0 bridgehead atoms. The summed E-state index contributed by atoms with van der Waals surface area (Å²) in [5, 5.41) is 6.03. The zero-order valence-corrected chi connectivity index (χ0v) is 12.1. The van der Waals surface area contributed by atoms with Crippen molar-refractivity contribution in [1.29, 1.82) is 0 Å². The predicted molar refractivity (Wildman–Crippen MR) is 73.7 cm³/mol. The number of carbonyl (C=O) groups excluding carboxylic acids is 1. The number of nitrogens with one attached hydrogen (secondary N) is 2. The third-order valence-electron chi connectivity index (χ3n) is 2.21. The molecule has 0 aliphatic heterocycles. The van der Waals surface area contributed by atoms with Crippen LogP contribution in [0.1, 0.15) is 26.3 Å². The van der Waals surface area contributed by atoms with Crippen LogP contribution in [0.25, 0.3) is 0 Å². The first kappa shape index (κ1) is 14.2. The quantitative estimate of drug-likeness (QED) is 0.896. The third-order valence-corrected chi connectivity index (χ3v) is 2.99. The fourth-order valence-corrected chi connectivity index (χ4v) is 1.67. The lowest BCUT2D eigenvalue weighted by Crippen LogP contribution is -2.43. The molecule has 0 unspecified atom stereocenters. The van der Waals surface area contributed by atoms with Gasteiger partial charge in [0.25, 0.3) is 0 Å². The van der Waals surface area contributed by atoms with Gasteiger partial charge in [-0.25, -0.2) is 0 Å². The Bertz CT molecular complexity index is 385. The van der Waals surface area contributed by atoms with Crippen molar-refractivity contribution in [2.75, 3.05) is 6.54 Å². The fourth-order valence-electron chi connectivity index (χ4n) is 1.24. The van der Waals surface area contributed by atoms with Gasteiger partial charge in [-0.05, 0) is 32.4 Å². The van der Waals surface area contributed by atoms with E-state index in [0.717, 1.165) is 10.0 Å². The van der Waals surface area contributed by atoms with Gasteiger partial charge >= 0.3 is 0 Å². The minimum atomic E-state index is -0.0370. The lowest BCUT2D eigenvalue weighted by molar-refractivity contribution is -0.120. The molecular formula is C13H19BrN2O. The highest BCUT2D eigenvalue weighted by Gasteiger charge is 2.11. The van der Waals surface area contributed by atoms with E-state index in [2.05, 4.69) is 26.6 Å². The summed E-state index contributed by atoms with van der Waals surface area (Å²) in [5.41, 5.74) is 1.04. The van der Waals surface area contributed by atoms with Crippen molar-refractivity contribution in [3.05, 3.63) is 34.3 Å². The SMILES string of the molecule is CC(C)(C)NCC(=O)NCc1ccccc1Br. The summed E-state index contributed by atoms with van der Waals surface area (Å²) in [5.74, 6) is 0.00989. The largest absolute Gasteiger partial charge is 0.351 e. The molecule has 1 aromatic rings. The molecule has 17 heavy (non-hydrogen) atoms. The molecule has 0 saturated carbocycles. The van der Waals surface area contributed by atoms with Gasteiger partial charge in [0.15, 0.2) is 0 Å². The normalized spacial score (nSPS) is 11.3. The maximum Gasteiger partial charge on any atom is 0.234 e. The third kappa shape index (κ3) is 5.84. The first-order valence-corrected chi connectivity index (χ1v) is 6.43. The summed E-state index contributed by atoms with van der Waals surface area (Å²) in [4.78, 5) is 11.6. The van der Waals surface area contributed by atoms with E-state index in [1.807, 2.05) is 45.0 Å². The molecule has 1 aromatic carbocycles. The molecule has 0 aliphatic carbocycles. The predicted octanol–water partition coefficient (Wildman–Crippen LogP) is 2.45. The highest BCUT2D eigenvalue weighted by molar-refractivity contribution is 9.10. The molecule has 0 aromatic heterocycles. The van der Waals surface area contributed by atoms with Gasteiger partial charge in [0.05, 0.1) is 6.54 Å². The topological polar surface area (TPSA) is 41.1 Å². The lowest BCUT2D eigenvalue weighted by Gasteiger charge is -2.20. The molecule has 3 nitrogen and oxygen atoms in total. The van der Waals surface area contributed by atoms with Gasteiger partial charge in [-0.2, -0.15) is 0 Å². The number of carbonyl (C=O) groups is 1. The Balaban J connectivity index is 2.36. The van der Waals surface area contributed by atoms with Crippen molar-refractivity contribution in [2.24, 2.45) is 0 Å². The molecule has 0 atom stereocenters. The lowest BCUT2D eigenvalue weighted by atomic mass is 10.1. The Labute approximate surface area is 111 Å². The average Bonchev–Trinajstić information content (AvgIpc) is 2.24. The van der Waals surface area contributed by atoms with E-state index < -0.39 is 0 Å². The number of hydrogen-bond donors (Lipinski definition) is 2. The summed E-state index contributed by atoms with van der Waals surface area (Å²) in [7, 11) is 0. The molecule has 0 saturated heterocycles. The van der Waals surface area contributed by atoms with E-state index >= 15 is 0 Å². The second-order valence-corrected chi connectivity index (χ2v) is 5.83. The van der Waals surface area contributed by atoms with Crippen molar-refractivity contribution in [1.82, 2.24) is 10.6 Å². The van der Waals surface area contributed by atoms with Crippen LogP contribution in [0.4, 0.5) is 0 Å². The summed E-state index contributed by atoms with van der Waals surface area (Å²) in [6.45, 7) is 7.00. The van der Waals surface area contributed by atoms with Gasteiger partial charge in [0, 0.05) is 16.6 Å². The average molecular weight is 299 g/mol. The Hall–Kier alpha value is -0.870. The molecule has 0 aliphatic rings. The highest BCUT2D eigenvalue weighted by atomic mass is 79.9. The van der Waals surface area contributed by atoms with Crippen LogP contribution in [0.5, 0.6) is 0 Å². The number of halogens is 1. The number of benzene rings is 1. The Kier molecular flexibility index (Phi) is 5.15.